The van der Waals surface area contributed by atoms with Gasteiger partial charge in [-0.15, -0.1) is 0 Å². The lowest BCUT2D eigenvalue weighted by molar-refractivity contribution is 0.0474. The molecule has 0 fully saturated rings. The highest BCUT2D eigenvalue weighted by Gasteiger charge is 2.21. The highest BCUT2D eigenvalue weighted by atomic mass is 19.1. The van der Waals surface area contributed by atoms with Crippen LogP contribution >= 0.6 is 0 Å². The molecule has 0 saturated carbocycles. The van der Waals surface area contributed by atoms with E-state index in [1.807, 2.05) is 60.7 Å². The smallest absolute Gasteiger partial charge is 0.340 e. The lowest BCUT2D eigenvalue weighted by Crippen LogP contribution is -2.09. The van der Waals surface area contributed by atoms with Gasteiger partial charge in [-0.25, -0.2) is 23.6 Å². The number of methoxy groups -OCH3 is 1. The van der Waals surface area contributed by atoms with E-state index in [2.05, 4.69) is 5.10 Å². The first kappa shape index (κ1) is 23.9. The number of rotatable bonds is 7. The maximum atomic E-state index is 14.3. The van der Waals surface area contributed by atoms with Crippen LogP contribution in [0.15, 0.2) is 91.1 Å². The molecular formula is C29H22FN3O4. The second kappa shape index (κ2) is 10.4. The third-order valence-electron chi connectivity index (χ3n) is 5.88. The van der Waals surface area contributed by atoms with Crippen LogP contribution in [0.5, 0.6) is 0 Å². The van der Waals surface area contributed by atoms with Crippen molar-refractivity contribution in [3.8, 4) is 11.3 Å². The molecule has 37 heavy (non-hydrogen) atoms. The van der Waals surface area contributed by atoms with Gasteiger partial charge in [0.05, 0.1) is 42.1 Å². The fraction of sp³-hybridized carbons (Fsp3) is 0.103. The topological polar surface area (TPSA) is 83.3 Å². The molecule has 0 aliphatic heterocycles. The van der Waals surface area contributed by atoms with Crippen LogP contribution in [-0.4, -0.2) is 33.8 Å². The monoisotopic (exact) mass is 495 g/mol. The van der Waals surface area contributed by atoms with Gasteiger partial charge in [0.2, 0.25) is 0 Å². The van der Waals surface area contributed by atoms with E-state index in [0.29, 0.717) is 28.8 Å². The molecule has 184 valence electrons. The van der Waals surface area contributed by atoms with Crippen molar-refractivity contribution >= 4 is 23.0 Å². The van der Waals surface area contributed by atoms with E-state index in [0.717, 1.165) is 11.1 Å². The summed E-state index contributed by atoms with van der Waals surface area (Å²) in [5.74, 6) is -2.07. The minimum Gasteiger partial charge on any atom is -0.465 e. The van der Waals surface area contributed by atoms with E-state index < -0.39 is 17.8 Å². The van der Waals surface area contributed by atoms with Gasteiger partial charge in [-0.2, -0.15) is 5.10 Å². The predicted octanol–water partition coefficient (Wildman–Crippen LogP) is 5.43. The Labute approximate surface area is 212 Å². The van der Waals surface area contributed by atoms with Crippen molar-refractivity contribution in [3.63, 3.8) is 0 Å². The Morgan fingerprint density at radius 1 is 0.865 bits per heavy atom. The van der Waals surface area contributed by atoms with Gasteiger partial charge >= 0.3 is 11.9 Å². The normalized spacial score (nSPS) is 10.9. The number of ether oxygens (including phenoxy) is 2. The van der Waals surface area contributed by atoms with Gasteiger partial charge in [0.1, 0.15) is 12.4 Å². The third kappa shape index (κ3) is 5.08. The zero-order valence-corrected chi connectivity index (χ0v) is 19.9. The summed E-state index contributed by atoms with van der Waals surface area (Å²) in [6.07, 6.45) is 1.58. The van der Waals surface area contributed by atoms with Gasteiger partial charge in [-0.3, -0.25) is 0 Å². The molecule has 3 aromatic carbocycles. The Bertz CT molecular complexity index is 1580. The van der Waals surface area contributed by atoms with Crippen LogP contribution in [0.25, 0.3) is 22.3 Å². The van der Waals surface area contributed by atoms with Crippen molar-refractivity contribution in [2.45, 2.75) is 13.2 Å². The van der Waals surface area contributed by atoms with Crippen LogP contribution in [0.3, 0.4) is 0 Å². The number of aromatic nitrogens is 3. The number of esters is 2. The number of benzene rings is 3. The second-order valence-corrected chi connectivity index (χ2v) is 8.33. The Morgan fingerprint density at radius 3 is 2.27 bits per heavy atom. The molecular weight excluding hydrogens is 473 g/mol. The van der Waals surface area contributed by atoms with Crippen molar-refractivity contribution < 1.29 is 23.5 Å². The largest absolute Gasteiger partial charge is 0.465 e. The van der Waals surface area contributed by atoms with E-state index in [4.69, 9.17) is 14.5 Å². The van der Waals surface area contributed by atoms with Gasteiger partial charge in [0.15, 0.2) is 5.65 Å². The Morgan fingerprint density at radius 2 is 1.57 bits per heavy atom. The van der Waals surface area contributed by atoms with E-state index in [-0.39, 0.29) is 17.7 Å². The van der Waals surface area contributed by atoms with Gasteiger partial charge in [-0.05, 0) is 35.4 Å². The number of nitrogens with zero attached hydrogens (tertiary/aromatic N) is 3. The Balaban J connectivity index is 1.59. The molecule has 0 spiro atoms. The fourth-order valence-electron chi connectivity index (χ4n) is 3.99. The SMILES string of the molecule is COC(=O)c1cc(-c2cc(C(=O)OCc3ccccc3)c3cnn(Cc4ccccc4)c3n2)ccc1F. The van der Waals surface area contributed by atoms with E-state index in [1.54, 1.807) is 16.9 Å². The van der Waals surface area contributed by atoms with Gasteiger partial charge in [0, 0.05) is 5.56 Å². The summed E-state index contributed by atoms with van der Waals surface area (Å²) in [5, 5.41) is 4.99. The Kier molecular flexibility index (Phi) is 6.72. The molecule has 5 rings (SSSR count). The van der Waals surface area contributed by atoms with Gasteiger partial charge < -0.3 is 9.47 Å². The number of fused-ring (bicyclic) bond motifs is 1. The minimum atomic E-state index is -0.808. The maximum absolute atomic E-state index is 14.3. The average molecular weight is 496 g/mol. The number of hydrogen-bond donors (Lipinski definition) is 0. The minimum absolute atomic E-state index is 0.0972. The molecule has 5 aromatic rings. The zero-order valence-electron chi connectivity index (χ0n) is 19.9. The fourth-order valence-corrected chi connectivity index (χ4v) is 3.99. The molecule has 0 amide bonds. The molecule has 0 saturated heterocycles. The number of pyridine rings is 1. The predicted molar refractivity (Wildman–Crippen MR) is 135 cm³/mol. The summed E-state index contributed by atoms with van der Waals surface area (Å²) in [6.45, 7) is 0.524. The summed E-state index contributed by atoms with van der Waals surface area (Å²) in [5.41, 5.74) is 3.14. The third-order valence-corrected chi connectivity index (χ3v) is 5.88. The Hall–Kier alpha value is -4.85. The standard InChI is InChI=1S/C29H22FN3O4/c1-36-28(34)23-14-21(12-13-25(23)30)26-15-22(29(35)37-18-20-10-6-3-7-11-20)24-16-31-33(27(24)32-26)17-19-8-4-2-5-9-19/h2-16H,17-18H2,1H3. The number of halogens is 1. The zero-order chi connectivity index (χ0) is 25.8. The van der Waals surface area contributed by atoms with Gasteiger partial charge in [-0.1, -0.05) is 60.7 Å². The summed E-state index contributed by atoms with van der Waals surface area (Å²) < 4.78 is 26.3. The van der Waals surface area contributed by atoms with Crippen LogP contribution in [0, 0.1) is 5.82 Å². The summed E-state index contributed by atoms with van der Waals surface area (Å²) >= 11 is 0. The lowest BCUT2D eigenvalue weighted by Gasteiger charge is -2.11. The van der Waals surface area contributed by atoms with Crippen LogP contribution < -0.4 is 0 Å². The molecule has 0 N–H and O–H groups in total. The molecule has 0 atom stereocenters. The highest BCUT2D eigenvalue weighted by molar-refractivity contribution is 6.04. The summed E-state index contributed by atoms with van der Waals surface area (Å²) in [7, 11) is 1.18. The van der Waals surface area contributed by atoms with E-state index in [9.17, 15) is 14.0 Å². The van der Waals surface area contributed by atoms with E-state index in [1.165, 1.54) is 25.3 Å². The quantitative estimate of drug-likeness (QED) is 0.280. The molecule has 0 radical (unpaired) electrons. The molecule has 2 aromatic heterocycles. The van der Waals surface area contributed by atoms with Crippen molar-refractivity contribution in [1.82, 2.24) is 14.8 Å². The van der Waals surface area contributed by atoms with Crippen LogP contribution in [0.4, 0.5) is 4.39 Å². The highest BCUT2D eigenvalue weighted by Crippen LogP contribution is 2.28. The van der Waals surface area contributed by atoms with Crippen LogP contribution in [0.2, 0.25) is 0 Å². The first-order valence-corrected chi connectivity index (χ1v) is 11.5. The lowest BCUT2D eigenvalue weighted by atomic mass is 10.0. The average Bonchev–Trinajstić information content (AvgIpc) is 3.34. The number of hydrogen-bond acceptors (Lipinski definition) is 6. The first-order chi connectivity index (χ1) is 18.0. The second-order valence-electron chi connectivity index (χ2n) is 8.33. The summed E-state index contributed by atoms with van der Waals surface area (Å²) in [6, 6.07) is 24.7. The van der Waals surface area contributed by atoms with Crippen molar-refractivity contribution in [2.24, 2.45) is 0 Å². The molecule has 2 heterocycles. The number of carbonyl (C=O) groups excluding carboxylic acids is 2. The number of carbonyl (C=O) groups is 2. The van der Waals surface area contributed by atoms with Crippen LogP contribution in [0.1, 0.15) is 31.8 Å². The molecule has 0 bridgehead atoms. The van der Waals surface area contributed by atoms with Crippen molar-refractivity contribution in [2.75, 3.05) is 7.11 Å². The first-order valence-electron chi connectivity index (χ1n) is 11.5. The molecule has 0 unspecified atom stereocenters. The van der Waals surface area contributed by atoms with Crippen molar-refractivity contribution in [1.29, 1.82) is 0 Å². The van der Waals surface area contributed by atoms with Crippen molar-refractivity contribution in [3.05, 3.63) is 119 Å². The van der Waals surface area contributed by atoms with Crippen LogP contribution in [-0.2, 0) is 22.6 Å². The molecule has 7 nitrogen and oxygen atoms in total. The van der Waals surface area contributed by atoms with E-state index >= 15 is 0 Å². The van der Waals surface area contributed by atoms with Gasteiger partial charge in [0.25, 0.3) is 0 Å². The maximum Gasteiger partial charge on any atom is 0.340 e. The molecule has 0 aliphatic carbocycles. The summed E-state index contributed by atoms with van der Waals surface area (Å²) in [4.78, 5) is 30.0. The molecule has 8 heteroatoms. The molecule has 0 aliphatic rings.